The van der Waals surface area contributed by atoms with Gasteiger partial charge in [-0.15, -0.1) is 0 Å². The summed E-state index contributed by atoms with van der Waals surface area (Å²) in [4.78, 5) is 14.6. The quantitative estimate of drug-likeness (QED) is 0.808. The Bertz CT molecular complexity index is 620. The molecular weight excluding hydrogens is 318 g/mol. The number of nitrogens with zero attached hydrogens (tertiary/aromatic N) is 3. The zero-order chi connectivity index (χ0) is 17.5. The predicted molar refractivity (Wildman–Crippen MR) is 95.1 cm³/mol. The highest BCUT2D eigenvalue weighted by atomic mass is 16.3. The fourth-order valence-electron chi connectivity index (χ4n) is 3.32. The number of urea groups is 1. The summed E-state index contributed by atoms with van der Waals surface area (Å²) in [5, 5.41) is 10.1. The van der Waals surface area contributed by atoms with Crippen molar-refractivity contribution in [3.63, 3.8) is 0 Å². The van der Waals surface area contributed by atoms with E-state index in [0.29, 0.717) is 13.1 Å². The summed E-state index contributed by atoms with van der Waals surface area (Å²) in [6.45, 7) is 5.24. The van der Waals surface area contributed by atoms with Crippen molar-refractivity contribution in [1.29, 1.82) is 0 Å². The third-order valence-corrected chi connectivity index (χ3v) is 4.56. The van der Waals surface area contributed by atoms with Gasteiger partial charge in [0.05, 0.1) is 18.8 Å². The smallest absolute Gasteiger partial charge is 0.315 e. The van der Waals surface area contributed by atoms with Gasteiger partial charge in [-0.2, -0.15) is 5.10 Å². The maximum Gasteiger partial charge on any atom is 0.315 e. The zero-order valence-corrected chi connectivity index (χ0v) is 14.7. The summed E-state index contributed by atoms with van der Waals surface area (Å²) in [7, 11) is 0. The Morgan fingerprint density at radius 2 is 2.16 bits per heavy atom. The molecule has 1 fully saturated rings. The lowest BCUT2D eigenvalue weighted by molar-refractivity contribution is 0.143. The number of rotatable bonds is 7. The second-order valence-electron chi connectivity index (χ2n) is 6.61. The third-order valence-electron chi connectivity index (χ3n) is 4.56. The largest absolute Gasteiger partial charge is 0.468 e. The summed E-state index contributed by atoms with van der Waals surface area (Å²) in [5.74, 6) is 0.909. The Hall–Kier alpha value is -2.28. The molecule has 3 rings (SSSR count). The van der Waals surface area contributed by atoms with Gasteiger partial charge in [0.25, 0.3) is 0 Å². The predicted octanol–water partition coefficient (Wildman–Crippen LogP) is 2.39. The SMILES string of the molecule is C[C@@H](Cn1cccn1)NC(=O)NC[C@@H](c1ccco1)N1CCCCC1. The van der Waals surface area contributed by atoms with Crippen LogP contribution < -0.4 is 10.6 Å². The van der Waals surface area contributed by atoms with E-state index in [9.17, 15) is 4.79 Å². The van der Waals surface area contributed by atoms with Crippen LogP contribution in [0.2, 0.25) is 0 Å². The molecule has 0 aliphatic carbocycles. The van der Waals surface area contributed by atoms with Crippen molar-refractivity contribution >= 4 is 6.03 Å². The van der Waals surface area contributed by atoms with E-state index in [-0.39, 0.29) is 18.1 Å². The van der Waals surface area contributed by atoms with Crippen LogP contribution >= 0.6 is 0 Å². The zero-order valence-electron chi connectivity index (χ0n) is 14.7. The van der Waals surface area contributed by atoms with Crippen molar-refractivity contribution in [2.75, 3.05) is 19.6 Å². The third kappa shape index (κ3) is 5.09. The van der Waals surface area contributed by atoms with Crippen molar-refractivity contribution in [2.24, 2.45) is 0 Å². The topological polar surface area (TPSA) is 75.3 Å². The molecular formula is C18H27N5O2. The minimum atomic E-state index is -0.159. The van der Waals surface area contributed by atoms with Crippen LogP contribution in [0.5, 0.6) is 0 Å². The van der Waals surface area contributed by atoms with Crippen LogP contribution in [0.25, 0.3) is 0 Å². The number of hydrogen-bond acceptors (Lipinski definition) is 4. The molecule has 2 aromatic heterocycles. The first-order valence-corrected chi connectivity index (χ1v) is 9.01. The van der Waals surface area contributed by atoms with Gasteiger partial charge >= 0.3 is 6.03 Å². The molecule has 0 bridgehead atoms. The normalized spacial score (nSPS) is 17.8. The summed E-state index contributed by atoms with van der Waals surface area (Å²) in [6.07, 6.45) is 8.99. The van der Waals surface area contributed by atoms with Crippen LogP contribution in [-0.4, -0.2) is 46.4 Å². The number of nitrogens with one attached hydrogen (secondary N) is 2. The number of carbonyl (C=O) groups is 1. The van der Waals surface area contributed by atoms with E-state index in [1.54, 1.807) is 12.5 Å². The van der Waals surface area contributed by atoms with Gasteiger partial charge in [0.1, 0.15) is 5.76 Å². The Balaban J connectivity index is 1.50. The highest BCUT2D eigenvalue weighted by Crippen LogP contribution is 2.24. The Morgan fingerprint density at radius 1 is 1.32 bits per heavy atom. The first kappa shape index (κ1) is 17.5. The number of carbonyl (C=O) groups excluding carboxylic acids is 1. The average Bonchev–Trinajstić information content (AvgIpc) is 3.30. The van der Waals surface area contributed by atoms with Crippen LogP contribution in [0.15, 0.2) is 41.3 Å². The summed E-state index contributed by atoms with van der Waals surface area (Å²) in [6, 6.07) is 5.68. The monoisotopic (exact) mass is 345 g/mol. The number of amides is 2. The van der Waals surface area contributed by atoms with Gasteiger partial charge < -0.3 is 15.1 Å². The van der Waals surface area contributed by atoms with E-state index < -0.39 is 0 Å². The van der Waals surface area contributed by atoms with E-state index >= 15 is 0 Å². The lowest BCUT2D eigenvalue weighted by Gasteiger charge is -2.33. The van der Waals surface area contributed by atoms with Gasteiger partial charge in [0, 0.05) is 25.0 Å². The number of likely N-dealkylation sites (tertiary alicyclic amines) is 1. The number of aromatic nitrogens is 2. The van der Waals surface area contributed by atoms with Crippen LogP contribution in [0.1, 0.15) is 38.0 Å². The van der Waals surface area contributed by atoms with Crippen molar-refractivity contribution in [2.45, 2.75) is 44.8 Å². The molecule has 3 heterocycles. The fraction of sp³-hybridized carbons (Fsp3) is 0.556. The molecule has 0 saturated carbocycles. The Morgan fingerprint density at radius 3 is 2.84 bits per heavy atom. The first-order valence-electron chi connectivity index (χ1n) is 9.01. The summed E-state index contributed by atoms with van der Waals surface area (Å²) >= 11 is 0. The van der Waals surface area contributed by atoms with Crippen LogP contribution in [0.4, 0.5) is 4.79 Å². The van der Waals surface area contributed by atoms with Crippen LogP contribution in [-0.2, 0) is 6.54 Å². The van der Waals surface area contributed by atoms with Crippen molar-refractivity contribution in [1.82, 2.24) is 25.3 Å². The molecule has 2 amide bonds. The van der Waals surface area contributed by atoms with Crippen LogP contribution in [0.3, 0.4) is 0 Å². The van der Waals surface area contributed by atoms with Gasteiger partial charge in [-0.25, -0.2) is 4.79 Å². The number of hydrogen-bond donors (Lipinski definition) is 2. The molecule has 2 N–H and O–H groups in total. The molecule has 2 atom stereocenters. The maximum atomic E-state index is 12.2. The van der Waals surface area contributed by atoms with Crippen LogP contribution in [0, 0.1) is 0 Å². The second kappa shape index (κ2) is 8.71. The number of piperidine rings is 1. The second-order valence-corrected chi connectivity index (χ2v) is 6.61. The maximum absolute atomic E-state index is 12.2. The van der Waals surface area contributed by atoms with E-state index in [0.717, 1.165) is 18.8 Å². The van der Waals surface area contributed by atoms with E-state index in [2.05, 4.69) is 20.6 Å². The highest BCUT2D eigenvalue weighted by molar-refractivity contribution is 5.74. The molecule has 136 valence electrons. The van der Waals surface area contributed by atoms with E-state index in [4.69, 9.17) is 4.42 Å². The molecule has 7 nitrogen and oxygen atoms in total. The van der Waals surface area contributed by atoms with Crippen molar-refractivity contribution in [3.8, 4) is 0 Å². The van der Waals surface area contributed by atoms with E-state index in [1.807, 2.05) is 36.0 Å². The lowest BCUT2D eigenvalue weighted by Crippen LogP contribution is -2.46. The van der Waals surface area contributed by atoms with Gasteiger partial charge in [-0.05, 0) is 51.1 Å². The standard InChI is InChI=1S/C18H27N5O2/c1-15(14-23-11-6-8-20-23)21-18(24)19-13-16(17-7-5-12-25-17)22-9-3-2-4-10-22/h5-8,11-12,15-16H,2-4,9-10,13-14H2,1H3,(H2,19,21,24)/t15-,16-/m0/s1. The van der Waals surface area contributed by atoms with Gasteiger partial charge in [0.15, 0.2) is 0 Å². The average molecular weight is 345 g/mol. The molecule has 0 unspecified atom stereocenters. The molecule has 1 saturated heterocycles. The van der Waals surface area contributed by atoms with Crippen molar-refractivity contribution in [3.05, 3.63) is 42.6 Å². The molecule has 7 heteroatoms. The van der Waals surface area contributed by atoms with Crippen molar-refractivity contribution < 1.29 is 9.21 Å². The molecule has 0 spiro atoms. The minimum absolute atomic E-state index is 0.00282. The van der Waals surface area contributed by atoms with Gasteiger partial charge in [0.2, 0.25) is 0 Å². The summed E-state index contributed by atoms with van der Waals surface area (Å²) in [5.41, 5.74) is 0. The van der Waals surface area contributed by atoms with E-state index in [1.165, 1.54) is 19.3 Å². The Labute approximate surface area is 148 Å². The molecule has 0 radical (unpaired) electrons. The Kier molecular flexibility index (Phi) is 6.11. The number of furan rings is 1. The summed E-state index contributed by atoms with van der Waals surface area (Å²) < 4.78 is 7.42. The fourth-order valence-corrected chi connectivity index (χ4v) is 3.32. The lowest BCUT2D eigenvalue weighted by atomic mass is 10.1. The van der Waals surface area contributed by atoms with Gasteiger partial charge in [-0.1, -0.05) is 6.42 Å². The first-order chi connectivity index (χ1) is 12.2. The molecule has 2 aromatic rings. The molecule has 1 aliphatic heterocycles. The molecule has 0 aromatic carbocycles. The minimum Gasteiger partial charge on any atom is -0.468 e. The van der Waals surface area contributed by atoms with Gasteiger partial charge in [-0.3, -0.25) is 9.58 Å². The highest BCUT2D eigenvalue weighted by Gasteiger charge is 2.25. The molecule has 25 heavy (non-hydrogen) atoms. The molecule has 1 aliphatic rings.